The lowest BCUT2D eigenvalue weighted by Crippen LogP contribution is -2.44. The molecule has 30 heavy (non-hydrogen) atoms. The second-order valence-corrected chi connectivity index (χ2v) is 7.66. The number of aryl methyl sites for hydroxylation is 1. The molecule has 2 N–H and O–H groups in total. The molecule has 1 unspecified atom stereocenters. The third-order valence-corrected chi connectivity index (χ3v) is 4.93. The number of carbonyl (C=O) groups excluding carboxylic acids is 3. The van der Waals surface area contributed by atoms with Crippen molar-refractivity contribution >= 4 is 29.3 Å². The summed E-state index contributed by atoms with van der Waals surface area (Å²) in [6.07, 6.45) is 1.77. The number of ether oxygens (including phenoxy) is 1. The fourth-order valence-electron chi connectivity index (χ4n) is 3.53. The zero-order valence-corrected chi connectivity index (χ0v) is 17.5. The minimum absolute atomic E-state index is 0.0276. The highest BCUT2D eigenvalue weighted by atomic mass is 16.5. The van der Waals surface area contributed by atoms with Crippen molar-refractivity contribution in [3.63, 3.8) is 0 Å². The topological polar surface area (TPSA) is 87.7 Å². The summed E-state index contributed by atoms with van der Waals surface area (Å²) in [5.41, 5.74) is 2.49. The van der Waals surface area contributed by atoms with Crippen LogP contribution >= 0.6 is 0 Å². The fraction of sp³-hybridized carbons (Fsp3) is 0.348. The third kappa shape index (κ3) is 4.97. The summed E-state index contributed by atoms with van der Waals surface area (Å²) in [5.74, 6) is -0.937. The number of hydrogen-bond acceptors (Lipinski definition) is 4. The van der Waals surface area contributed by atoms with Gasteiger partial charge < -0.3 is 20.3 Å². The van der Waals surface area contributed by atoms with Gasteiger partial charge in [-0.2, -0.15) is 0 Å². The Kier molecular flexibility index (Phi) is 6.72. The molecule has 0 saturated heterocycles. The molecule has 7 heteroatoms. The van der Waals surface area contributed by atoms with Crippen LogP contribution in [0.2, 0.25) is 0 Å². The Balaban J connectivity index is 1.68. The molecule has 0 saturated carbocycles. The van der Waals surface area contributed by atoms with E-state index in [0.29, 0.717) is 5.69 Å². The summed E-state index contributed by atoms with van der Waals surface area (Å²) in [5, 5.41) is 5.35. The number of rotatable bonds is 5. The molecule has 0 radical (unpaired) electrons. The zero-order chi connectivity index (χ0) is 21.7. The summed E-state index contributed by atoms with van der Waals surface area (Å²) in [7, 11) is 0. The Hall–Kier alpha value is -3.35. The molecule has 158 valence electrons. The maximum absolute atomic E-state index is 12.9. The van der Waals surface area contributed by atoms with E-state index in [9.17, 15) is 14.4 Å². The van der Waals surface area contributed by atoms with Crippen LogP contribution in [0.3, 0.4) is 0 Å². The Morgan fingerprint density at radius 3 is 2.57 bits per heavy atom. The molecular formula is C23H27N3O4. The van der Waals surface area contributed by atoms with E-state index in [0.717, 1.165) is 24.1 Å². The Bertz CT molecular complexity index is 942. The molecule has 3 rings (SSSR count). The predicted molar refractivity (Wildman–Crippen MR) is 116 cm³/mol. The number of para-hydroxylation sites is 2. The maximum atomic E-state index is 12.9. The van der Waals surface area contributed by atoms with Gasteiger partial charge in [-0.25, -0.2) is 9.59 Å². The van der Waals surface area contributed by atoms with Crippen LogP contribution in [-0.2, 0) is 16.0 Å². The zero-order valence-electron chi connectivity index (χ0n) is 17.5. The van der Waals surface area contributed by atoms with Crippen molar-refractivity contribution in [2.45, 2.75) is 45.7 Å². The molecule has 7 nitrogen and oxygen atoms in total. The molecular weight excluding hydrogens is 382 g/mol. The lowest BCUT2D eigenvalue weighted by molar-refractivity contribution is -0.122. The standard InChI is InChI=1S/C23H27N3O4/c1-15(2)24-23(29)25-19-10-6-5-9-18(19)22(28)30-14-21(27)26-16(3)12-13-17-8-4-7-11-20(17)26/h4-11,15-16H,12-14H2,1-3H3,(H2,24,25,29). The lowest BCUT2D eigenvalue weighted by Gasteiger charge is -2.35. The number of anilines is 2. The van der Waals surface area contributed by atoms with E-state index >= 15 is 0 Å². The largest absolute Gasteiger partial charge is 0.452 e. The van der Waals surface area contributed by atoms with Crippen molar-refractivity contribution in [1.29, 1.82) is 0 Å². The van der Waals surface area contributed by atoms with E-state index in [1.165, 1.54) is 0 Å². The minimum atomic E-state index is -0.665. The van der Waals surface area contributed by atoms with Gasteiger partial charge in [-0.05, 0) is 57.4 Å². The van der Waals surface area contributed by atoms with Gasteiger partial charge in [0.15, 0.2) is 6.61 Å². The summed E-state index contributed by atoms with van der Waals surface area (Å²) in [6, 6.07) is 13.9. The van der Waals surface area contributed by atoms with Crippen molar-refractivity contribution in [2.75, 3.05) is 16.8 Å². The van der Waals surface area contributed by atoms with Crippen LogP contribution in [0.5, 0.6) is 0 Å². The average molecular weight is 409 g/mol. The molecule has 3 amide bonds. The fourth-order valence-corrected chi connectivity index (χ4v) is 3.53. The first-order valence-electron chi connectivity index (χ1n) is 10.1. The Morgan fingerprint density at radius 2 is 1.80 bits per heavy atom. The van der Waals surface area contributed by atoms with Gasteiger partial charge in [-0.1, -0.05) is 30.3 Å². The highest BCUT2D eigenvalue weighted by molar-refractivity contribution is 6.02. The molecule has 1 aliphatic rings. The first kappa shape index (κ1) is 21.4. The normalized spacial score (nSPS) is 15.3. The van der Waals surface area contributed by atoms with E-state index in [2.05, 4.69) is 10.6 Å². The molecule has 1 atom stereocenters. The third-order valence-electron chi connectivity index (χ3n) is 4.93. The first-order valence-corrected chi connectivity index (χ1v) is 10.1. The van der Waals surface area contributed by atoms with Gasteiger partial charge in [0, 0.05) is 17.8 Å². The van der Waals surface area contributed by atoms with Crippen LogP contribution < -0.4 is 15.5 Å². The van der Waals surface area contributed by atoms with E-state index in [1.54, 1.807) is 29.2 Å². The van der Waals surface area contributed by atoms with Crippen molar-refractivity contribution in [1.82, 2.24) is 5.32 Å². The van der Waals surface area contributed by atoms with Crippen molar-refractivity contribution in [2.24, 2.45) is 0 Å². The van der Waals surface area contributed by atoms with Crippen LogP contribution in [0, 0.1) is 0 Å². The SMILES string of the molecule is CC(C)NC(=O)Nc1ccccc1C(=O)OCC(=O)N1c2ccccc2CCC1C. The van der Waals surface area contributed by atoms with Gasteiger partial charge >= 0.3 is 12.0 Å². The summed E-state index contributed by atoms with van der Waals surface area (Å²) in [4.78, 5) is 39.2. The molecule has 2 aromatic rings. The molecule has 2 aromatic carbocycles. The van der Waals surface area contributed by atoms with Gasteiger partial charge in [0.2, 0.25) is 0 Å². The monoisotopic (exact) mass is 409 g/mol. The van der Waals surface area contributed by atoms with Crippen molar-refractivity contribution < 1.29 is 19.1 Å². The van der Waals surface area contributed by atoms with Gasteiger partial charge in [-0.15, -0.1) is 0 Å². The average Bonchev–Trinajstić information content (AvgIpc) is 2.71. The van der Waals surface area contributed by atoms with Gasteiger partial charge in [0.25, 0.3) is 5.91 Å². The molecule has 0 spiro atoms. The predicted octanol–water partition coefficient (Wildman–Crippen LogP) is 3.74. The highest BCUT2D eigenvalue weighted by Crippen LogP contribution is 2.30. The minimum Gasteiger partial charge on any atom is -0.452 e. The molecule has 0 fully saturated rings. The Labute approximate surface area is 176 Å². The van der Waals surface area contributed by atoms with E-state index in [-0.39, 0.29) is 30.2 Å². The summed E-state index contributed by atoms with van der Waals surface area (Å²) < 4.78 is 5.31. The lowest BCUT2D eigenvalue weighted by atomic mass is 9.96. The van der Waals surface area contributed by atoms with Gasteiger partial charge in [-0.3, -0.25) is 4.79 Å². The number of esters is 1. The summed E-state index contributed by atoms with van der Waals surface area (Å²) in [6.45, 7) is 5.29. The number of hydrogen-bond donors (Lipinski definition) is 2. The van der Waals surface area contributed by atoms with Crippen LogP contribution in [-0.4, -0.2) is 36.6 Å². The molecule has 0 aromatic heterocycles. The smallest absolute Gasteiger partial charge is 0.340 e. The number of benzene rings is 2. The maximum Gasteiger partial charge on any atom is 0.340 e. The van der Waals surface area contributed by atoms with Gasteiger partial charge in [0.05, 0.1) is 11.3 Å². The second-order valence-electron chi connectivity index (χ2n) is 7.66. The number of urea groups is 1. The first-order chi connectivity index (χ1) is 14.4. The summed E-state index contributed by atoms with van der Waals surface area (Å²) >= 11 is 0. The van der Waals surface area contributed by atoms with Crippen LogP contribution in [0.15, 0.2) is 48.5 Å². The number of nitrogens with one attached hydrogen (secondary N) is 2. The van der Waals surface area contributed by atoms with E-state index in [1.807, 2.05) is 45.0 Å². The number of nitrogens with zero attached hydrogens (tertiary/aromatic N) is 1. The Morgan fingerprint density at radius 1 is 1.10 bits per heavy atom. The molecule has 0 bridgehead atoms. The molecule has 0 aliphatic carbocycles. The van der Waals surface area contributed by atoms with E-state index in [4.69, 9.17) is 4.74 Å². The van der Waals surface area contributed by atoms with Crippen LogP contribution in [0.25, 0.3) is 0 Å². The van der Waals surface area contributed by atoms with Crippen molar-refractivity contribution in [3.05, 3.63) is 59.7 Å². The van der Waals surface area contributed by atoms with E-state index < -0.39 is 12.0 Å². The molecule has 1 aliphatic heterocycles. The highest BCUT2D eigenvalue weighted by Gasteiger charge is 2.28. The van der Waals surface area contributed by atoms with Gasteiger partial charge in [0.1, 0.15) is 0 Å². The second kappa shape index (κ2) is 9.43. The van der Waals surface area contributed by atoms with Crippen LogP contribution in [0.4, 0.5) is 16.2 Å². The number of carbonyl (C=O) groups is 3. The van der Waals surface area contributed by atoms with Crippen LogP contribution in [0.1, 0.15) is 43.1 Å². The van der Waals surface area contributed by atoms with Crippen molar-refractivity contribution in [3.8, 4) is 0 Å². The number of fused-ring (bicyclic) bond motifs is 1. The quantitative estimate of drug-likeness (QED) is 0.737. The number of amides is 3. The molecule has 1 heterocycles.